The highest BCUT2D eigenvalue weighted by Crippen LogP contribution is 2.47. The molecule has 0 spiro atoms. The van der Waals surface area contributed by atoms with Crippen LogP contribution in [0.1, 0.15) is 58.1 Å². The predicted molar refractivity (Wildman–Crippen MR) is 115 cm³/mol. The first kappa shape index (κ1) is 21.8. The van der Waals surface area contributed by atoms with Crippen LogP contribution in [-0.2, 0) is 21.7 Å². The third-order valence-electron chi connectivity index (χ3n) is 5.45. The zero-order valence-electron chi connectivity index (χ0n) is 18.0. The number of amides is 3. The van der Waals surface area contributed by atoms with Gasteiger partial charge in [-0.1, -0.05) is 32.9 Å². The van der Waals surface area contributed by atoms with Gasteiger partial charge in [-0.15, -0.1) is 0 Å². The minimum atomic E-state index is -0.464. The van der Waals surface area contributed by atoms with Gasteiger partial charge in [-0.25, -0.2) is 14.7 Å². The average Bonchev–Trinajstić information content (AvgIpc) is 3.14. The van der Waals surface area contributed by atoms with Crippen molar-refractivity contribution >= 4 is 17.6 Å². The molecule has 0 atom stereocenters. The summed E-state index contributed by atoms with van der Waals surface area (Å²) in [6.07, 6.45) is 3.95. The first-order valence-corrected chi connectivity index (χ1v) is 10.4. The molecule has 0 aliphatic carbocycles. The number of carbonyl (C=O) groups is 2. The van der Waals surface area contributed by atoms with E-state index >= 15 is 0 Å². The lowest BCUT2D eigenvalue weighted by atomic mass is 9.87. The van der Waals surface area contributed by atoms with E-state index in [1.54, 1.807) is 12.1 Å². The normalized spacial score (nSPS) is 14.1. The number of rotatable bonds is 7. The molecule has 0 radical (unpaired) electrons. The topological polar surface area (TPSA) is 80.8 Å². The number of anilines is 1. The Morgan fingerprint density at radius 2 is 1.97 bits per heavy atom. The molecule has 7 nitrogen and oxygen atoms in total. The van der Waals surface area contributed by atoms with E-state index in [1.807, 2.05) is 19.1 Å². The highest BCUT2D eigenvalue weighted by Gasteiger charge is 2.39. The summed E-state index contributed by atoms with van der Waals surface area (Å²) in [6.45, 7) is 8.59. The Morgan fingerprint density at radius 3 is 2.57 bits per heavy atom. The average molecular weight is 412 g/mol. The van der Waals surface area contributed by atoms with Crippen LogP contribution in [0.25, 0.3) is 0 Å². The van der Waals surface area contributed by atoms with Gasteiger partial charge in [-0.05, 0) is 37.0 Å². The van der Waals surface area contributed by atoms with Gasteiger partial charge in [0.05, 0.1) is 24.1 Å². The third-order valence-corrected chi connectivity index (χ3v) is 5.45. The van der Waals surface area contributed by atoms with Gasteiger partial charge in [-0.3, -0.25) is 4.79 Å². The lowest BCUT2D eigenvalue weighted by Crippen LogP contribution is -2.43. The Bertz CT molecular complexity index is 907. The molecule has 1 aliphatic heterocycles. The molecule has 1 aromatic carbocycles. The van der Waals surface area contributed by atoms with Gasteiger partial charge < -0.3 is 14.8 Å². The summed E-state index contributed by atoms with van der Waals surface area (Å²) < 4.78 is 12.2. The van der Waals surface area contributed by atoms with Gasteiger partial charge in [0, 0.05) is 25.1 Å². The van der Waals surface area contributed by atoms with Crippen molar-refractivity contribution in [2.45, 2.75) is 59.2 Å². The van der Waals surface area contributed by atoms with Crippen LogP contribution in [-0.4, -0.2) is 23.5 Å². The molecular weight excluding hydrogens is 382 g/mol. The number of urea groups is 1. The summed E-state index contributed by atoms with van der Waals surface area (Å²) in [4.78, 5) is 29.7. The number of imide groups is 1. The van der Waals surface area contributed by atoms with Gasteiger partial charge in [0.15, 0.2) is 0 Å². The van der Waals surface area contributed by atoms with Gasteiger partial charge in [0.2, 0.25) is 11.8 Å². The van der Waals surface area contributed by atoms with E-state index in [0.29, 0.717) is 24.7 Å². The minimum Gasteiger partial charge on any atom is -0.439 e. The van der Waals surface area contributed by atoms with Crippen LogP contribution in [0.5, 0.6) is 11.6 Å². The highest BCUT2D eigenvalue weighted by molar-refractivity contribution is 6.13. The Labute approximate surface area is 177 Å². The zero-order chi connectivity index (χ0) is 21.7. The van der Waals surface area contributed by atoms with Crippen LogP contribution in [0.2, 0.25) is 0 Å². The molecule has 3 amide bonds. The highest BCUT2D eigenvalue weighted by atomic mass is 16.5. The van der Waals surface area contributed by atoms with Gasteiger partial charge in [0.1, 0.15) is 5.75 Å². The molecule has 0 saturated carbocycles. The number of benzene rings is 1. The van der Waals surface area contributed by atoms with Crippen LogP contribution < -0.4 is 15.0 Å². The lowest BCUT2D eigenvalue weighted by molar-refractivity contribution is -0.115. The number of fused-ring (bicyclic) bond motifs is 1. The van der Waals surface area contributed by atoms with E-state index in [4.69, 9.17) is 9.47 Å². The molecule has 0 bridgehead atoms. The zero-order valence-corrected chi connectivity index (χ0v) is 18.0. The molecule has 1 aromatic heterocycles. The van der Waals surface area contributed by atoms with Crippen molar-refractivity contribution in [2.24, 2.45) is 0 Å². The van der Waals surface area contributed by atoms with Crippen LogP contribution >= 0.6 is 0 Å². The number of nitrogens with zero attached hydrogens (tertiary/aromatic N) is 2. The van der Waals surface area contributed by atoms with E-state index in [1.165, 1.54) is 13.1 Å². The van der Waals surface area contributed by atoms with Crippen molar-refractivity contribution in [3.8, 4) is 11.6 Å². The molecule has 0 fully saturated rings. The third kappa shape index (κ3) is 4.16. The van der Waals surface area contributed by atoms with E-state index < -0.39 is 6.03 Å². The molecule has 30 heavy (non-hydrogen) atoms. The largest absolute Gasteiger partial charge is 0.439 e. The molecule has 2 aromatic rings. The van der Waals surface area contributed by atoms with Crippen LogP contribution in [0.4, 0.5) is 10.5 Å². The van der Waals surface area contributed by atoms with E-state index in [2.05, 4.69) is 30.2 Å². The summed E-state index contributed by atoms with van der Waals surface area (Å²) in [5.74, 6) is 0.725. The number of ether oxygens (including phenoxy) is 2. The first-order valence-electron chi connectivity index (χ1n) is 10.4. The number of nitrogens with one attached hydrogen (secondary N) is 1. The summed E-state index contributed by atoms with van der Waals surface area (Å²) in [5, 5.41) is 2.71. The Hall–Kier alpha value is -2.93. The molecule has 2 heterocycles. The number of pyridine rings is 1. The fraction of sp³-hybridized carbons (Fsp3) is 0.435. The SMILES string of the molecule is CCCNC(=O)N(C(C)=O)c1ccc(Oc2cccc3c2C(CC)(CC)OC3)nc1. The predicted octanol–water partition coefficient (Wildman–Crippen LogP) is 4.89. The Morgan fingerprint density at radius 1 is 1.20 bits per heavy atom. The summed E-state index contributed by atoms with van der Waals surface area (Å²) >= 11 is 0. The van der Waals surface area contributed by atoms with Crippen molar-refractivity contribution in [1.29, 1.82) is 0 Å². The maximum Gasteiger partial charge on any atom is 0.328 e. The standard InChI is InChI=1S/C23H29N3O4/c1-5-13-24-22(28)26(16(4)27)18-11-12-20(25-14-18)30-19-10-8-9-17-15-29-23(6-2,7-3)21(17)19/h8-12,14H,5-7,13,15H2,1-4H3,(H,24,28). The number of hydrogen-bond acceptors (Lipinski definition) is 5. The van der Waals surface area contributed by atoms with Crippen molar-refractivity contribution in [3.63, 3.8) is 0 Å². The second-order valence-corrected chi connectivity index (χ2v) is 7.32. The minimum absolute atomic E-state index is 0.353. The number of hydrogen-bond donors (Lipinski definition) is 1. The molecule has 1 N–H and O–H groups in total. The van der Waals surface area contributed by atoms with Crippen LogP contribution in [0, 0.1) is 0 Å². The fourth-order valence-corrected chi connectivity index (χ4v) is 3.83. The second-order valence-electron chi connectivity index (χ2n) is 7.32. The molecule has 3 rings (SSSR count). The van der Waals surface area contributed by atoms with Gasteiger partial charge >= 0.3 is 6.03 Å². The Kier molecular flexibility index (Phi) is 6.72. The second kappa shape index (κ2) is 9.26. The van der Waals surface area contributed by atoms with Gasteiger partial charge in [-0.2, -0.15) is 0 Å². The van der Waals surface area contributed by atoms with E-state index in [9.17, 15) is 9.59 Å². The molecule has 0 unspecified atom stereocenters. The van der Waals surface area contributed by atoms with E-state index in [-0.39, 0.29) is 11.5 Å². The maximum absolute atomic E-state index is 12.3. The maximum atomic E-state index is 12.3. The number of aromatic nitrogens is 1. The number of carbonyl (C=O) groups excluding carboxylic acids is 2. The first-order chi connectivity index (χ1) is 14.5. The van der Waals surface area contributed by atoms with Crippen molar-refractivity contribution in [3.05, 3.63) is 47.7 Å². The van der Waals surface area contributed by atoms with Crippen LogP contribution in [0.3, 0.4) is 0 Å². The molecule has 160 valence electrons. The molecule has 1 aliphatic rings. The summed E-state index contributed by atoms with van der Waals surface area (Å²) in [7, 11) is 0. The molecular formula is C23H29N3O4. The fourth-order valence-electron chi connectivity index (χ4n) is 3.83. The smallest absolute Gasteiger partial charge is 0.328 e. The lowest BCUT2D eigenvalue weighted by Gasteiger charge is -2.28. The molecule has 7 heteroatoms. The molecule has 0 saturated heterocycles. The van der Waals surface area contributed by atoms with Crippen molar-refractivity contribution < 1.29 is 19.1 Å². The van der Waals surface area contributed by atoms with E-state index in [0.717, 1.165) is 41.0 Å². The summed E-state index contributed by atoms with van der Waals surface area (Å²) in [5.41, 5.74) is 2.24. The van der Waals surface area contributed by atoms with Crippen molar-refractivity contribution in [2.75, 3.05) is 11.4 Å². The monoisotopic (exact) mass is 411 g/mol. The Balaban J connectivity index is 1.85. The summed E-state index contributed by atoms with van der Waals surface area (Å²) in [6, 6.07) is 8.78. The van der Waals surface area contributed by atoms with Gasteiger partial charge in [0.25, 0.3) is 0 Å². The quantitative estimate of drug-likeness (QED) is 0.701. The van der Waals surface area contributed by atoms with Crippen molar-refractivity contribution in [1.82, 2.24) is 10.3 Å². The van der Waals surface area contributed by atoms with Crippen LogP contribution in [0.15, 0.2) is 36.5 Å².